The Balaban J connectivity index is 2.19. The summed E-state index contributed by atoms with van der Waals surface area (Å²) in [4.78, 5) is 27.3. The number of anilines is 1. The van der Waals surface area contributed by atoms with Gasteiger partial charge in [-0.15, -0.1) is 0 Å². The van der Waals surface area contributed by atoms with Gasteiger partial charge in [-0.3, -0.25) is 14.5 Å². The van der Waals surface area contributed by atoms with E-state index in [4.69, 9.17) is 23.2 Å². The molecule has 1 N–H and O–H groups in total. The number of aryl methyl sites for hydroxylation is 2. The Morgan fingerprint density at radius 3 is 2.30 bits per heavy atom. The van der Waals surface area contributed by atoms with E-state index in [-0.39, 0.29) is 29.1 Å². The fourth-order valence-electron chi connectivity index (χ4n) is 3.08. The Morgan fingerprint density at radius 1 is 0.963 bits per heavy atom. The number of benzene rings is 2. The number of rotatable bonds is 4. The third-order valence-electron chi connectivity index (χ3n) is 4.48. The van der Waals surface area contributed by atoms with Crippen LogP contribution in [0.1, 0.15) is 30.5 Å². The zero-order chi connectivity index (χ0) is 19.9. The summed E-state index contributed by atoms with van der Waals surface area (Å²) in [5.41, 5.74) is 3.77. The largest absolute Gasteiger partial charge is 0.350 e. The van der Waals surface area contributed by atoms with Crippen LogP contribution in [0.3, 0.4) is 0 Å². The van der Waals surface area contributed by atoms with Gasteiger partial charge in [0.2, 0.25) is 0 Å². The van der Waals surface area contributed by atoms with Gasteiger partial charge >= 0.3 is 0 Å². The molecule has 0 radical (unpaired) electrons. The van der Waals surface area contributed by atoms with Crippen LogP contribution >= 0.6 is 23.2 Å². The lowest BCUT2D eigenvalue weighted by Gasteiger charge is -2.19. The van der Waals surface area contributed by atoms with Crippen molar-refractivity contribution in [3.05, 3.63) is 68.8 Å². The van der Waals surface area contributed by atoms with Gasteiger partial charge in [-0.05, 0) is 57.0 Å². The van der Waals surface area contributed by atoms with Gasteiger partial charge in [0.15, 0.2) is 0 Å². The van der Waals surface area contributed by atoms with Crippen molar-refractivity contribution >= 4 is 46.3 Å². The summed E-state index contributed by atoms with van der Waals surface area (Å²) in [6, 6.07) is 10.5. The first kappa shape index (κ1) is 19.5. The normalized spacial score (nSPS) is 14.6. The van der Waals surface area contributed by atoms with Gasteiger partial charge in [0.05, 0.1) is 10.6 Å². The Morgan fingerprint density at radius 2 is 1.67 bits per heavy atom. The van der Waals surface area contributed by atoms with Crippen molar-refractivity contribution in [2.45, 2.75) is 33.7 Å². The number of carbonyl (C=O) groups is 2. The molecule has 6 heteroatoms. The molecule has 0 aliphatic carbocycles. The lowest BCUT2D eigenvalue weighted by atomic mass is 10.0. The summed E-state index contributed by atoms with van der Waals surface area (Å²) in [6.07, 6.45) is 0. The van der Waals surface area contributed by atoms with E-state index in [1.807, 2.05) is 32.0 Å². The number of amides is 2. The van der Waals surface area contributed by atoms with Crippen LogP contribution in [-0.2, 0) is 9.59 Å². The summed E-state index contributed by atoms with van der Waals surface area (Å²) >= 11 is 12.3. The molecule has 0 saturated carbocycles. The van der Waals surface area contributed by atoms with Crippen molar-refractivity contribution in [1.82, 2.24) is 4.90 Å². The number of nitrogens with one attached hydrogen (secondary N) is 1. The van der Waals surface area contributed by atoms with Gasteiger partial charge in [-0.25, -0.2) is 0 Å². The fraction of sp³-hybridized carbons (Fsp3) is 0.238. The van der Waals surface area contributed by atoms with Crippen LogP contribution in [0.2, 0.25) is 10.0 Å². The molecule has 0 atom stereocenters. The van der Waals surface area contributed by atoms with Crippen molar-refractivity contribution in [2.75, 3.05) is 5.32 Å². The van der Waals surface area contributed by atoms with E-state index in [0.29, 0.717) is 15.6 Å². The molecule has 1 heterocycles. The van der Waals surface area contributed by atoms with Gasteiger partial charge in [-0.2, -0.15) is 0 Å². The lowest BCUT2D eigenvalue weighted by molar-refractivity contribution is -0.138. The average molecular weight is 403 g/mol. The Bertz CT molecular complexity index is 980. The number of nitrogens with zero attached hydrogens (tertiary/aromatic N) is 1. The molecule has 2 amide bonds. The molecule has 0 saturated heterocycles. The maximum absolute atomic E-state index is 13.1. The third-order valence-corrected chi connectivity index (χ3v) is 5.03. The molecule has 0 aromatic heterocycles. The van der Waals surface area contributed by atoms with Crippen molar-refractivity contribution in [1.29, 1.82) is 0 Å². The van der Waals surface area contributed by atoms with E-state index in [2.05, 4.69) is 5.32 Å². The number of hydrogen-bond acceptors (Lipinski definition) is 3. The Kier molecular flexibility index (Phi) is 5.31. The minimum Gasteiger partial charge on any atom is -0.350 e. The first-order valence-corrected chi connectivity index (χ1v) is 9.38. The number of halogens is 2. The van der Waals surface area contributed by atoms with Crippen molar-refractivity contribution in [3.63, 3.8) is 0 Å². The zero-order valence-electron chi connectivity index (χ0n) is 15.6. The molecule has 1 aliphatic rings. The summed E-state index contributed by atoms with van der Waals surface area (Å²) in [5.74, 6) is -0.732. The highest BCUT2D eigenvalue weighted by atomic mass is 35.5. The van der Waals surface area contributed by atoms with Crippen molar-refractivity contribution in [2.24, 2.45) is 0 Å². The molecule has 4 nitrogen and oxygen atoms in total. The lowest BCUT2D eigenvalue weighted by Crippen LogP contribution is -2.38. The highest BCUT2D eigenvalue weighted by Gasteiger charge is 2.41. The van der Waals surface area contributed by atoms with Crippen LogP contribution in [0.4, 0.5) is 5.69 Å². The van der Waals surface area contributed by atoms with Crippen molar-refractivity contribution in [3.8, 4) is 0 Å². The predicted octanol–water partition coefficient (Wildman–Crippen LogP) is 5.21. The van der Waals surface area contributed by atoms with E-state index in [1.54, 1.807) is 32.0 Å². The molecule has 0 fully saturated rings. The molecule has 2 aromatic carbocycles. The summed E-state index contributed by atoms with van der Waals surface area (Å²) in [6.45, 7) is 7.52. The summed E-state index contributed by atoms with van der Waals surface area (Å²) in [5, 5.41) is 3.97. The van der Waals surface area contributed by atoms with E-state index >= 15 is 0 Å². The Labute approximate surface area is 168 Å². The molecule has 140 valence electrons. The smallest absolute Gasteiger partial charge is 0.278 e. The number of hydrogen-bond donors (Lipinski definition) is 1. The average Bonchev–Trinajstić information content (AvgIpc) is 2.82. The second-order valence-corrected chi connectivity index (χ2v) is 7.74. The molecule has 3 rings (SSSR count). The van der Waals surface area contributed by atoms with Gasteiger partial charge in [-0.1, -0.05) is 41.4 Å². The molecule has 0 unspecified atom stereocenters. The predicted molar refractivity (Wildman–Crippen MR) is 110 cm³/mol. The quantitative estimate of drug-likeness (QED) is 0.713. The van der Waals surface area contributed by atoms with E-state index < -0.39 is 0 Å². The number of carbonyl (C=O) groups excluding carboxylic acids is 2. The molecule has 0 spiro atoms. The van der Waals surface area contributed by atoms with Crippen LogP contribution in [-0.4, -0.2) is 22.8 Å². The maximum Gasteiger partial charge on any atom is 0.278 e. The van der Waals surface area contributed by atoms with Gasteiger partial charge in [0.25, 0.3) is 11.8 Å². The highest BCUT2D eigenvalue weighted by molar-refractivity contribution is 6.41. The molecule has 27 heavy (non-hydrogen) atoms. The van der Waals surface area contributed by atoms with Crippen LogP contribution in [0.5, 0.6) is 0 Å². The van der Waals surface area contributed by atoms with E-state index in [1.165, 1.54) is 4.90 Å². The molecular weight excluding hydrogens is 383 g/mol. The first-order chi connectivity index (χ1) is 12.7. The van der Waals surface area contributed by atoms with Gasteiger partial charge in [0, 0.05) is 22.3 Å². The summed E-state index contributed by atoms with van der Waals surface area (Å²) < 4.78 is 0. The third kappa shape index (κ3) is 3.60. The van der Waals surface area contributed by atoms with Crippen LogP contribution in [0, 0.1) is 13.8 Å². The number of imide groups is 1. The van der Waals surface area contributed by atoms with Crippen LogP contribution in [0.15, 0.2) is 42.1 Å². The van der Waals surface area contributed by atoms with Crippen LogP contribution in [0.25, 0.3) is 5.57 Å². The molecule has 2 aromatic rings. The van der Waals surface area contributed by atoms with Gasteiger partial charge in [0.1, 0.15) is 5.70 Å². The Hall–Kier alpha value is -2.30. The molecular formula is C21H20Cl2N2O2. The minimum absolute atomic E-state index is 0.228. The molecule has 1 aliphatic heterocycles. The zero-order valence-corrected chi connectivity index (χ0v) is 17.1. The maximum atomic E-state index is 13.1. The summed E-state index contributed by atoms with van der Waals surface area (Å²) in [7, 11) is 0. The standard InChI is InChI=1S/C21H20Cl2N2O2/c1-11(2)25-20(26)18(15-8-7-14(22)10-16(15)23)19(21(25)27)24-17-9-12(3)5-6-13(17)4/h5-11,24H,1-4H3. The van der Waals surface area contributed by atoms with Gasteiger partial charge < -0.3 is 5.32 Å². The SMILES string of the molecule is Cc1ccc(C)c(NC2=C(c3ccc(Cl)cc3Cl)C(=O)N(C(C)C)C2=O)c1. The first-order valence-electron chi connectivity index (χ1n) is 8.62. The van der Waals surface area contributed by atoms with E-state index in [9.17, 15) is 9.59 Å². The second kappa shape index (κ2) is 7.37. The highest BCUT2D eigenvalue weighted by Crippen LogP contribution is 2.36. The second-order valence-electron chi connectivity index (χ2n) is 6.89. The monoisotopic (exact) mass is 402 g/mol. The molecule has 0 bridgehead atoms. The topological polar surface area (TPSA) is 49.4 Å². The van der Waals surface area contributed by atoms with E-state index in [0.717, 1.165) is 16.8 Å². The fourth-order valence-corrected chi connectivity index (χ4v) is 3.58. The van der Waals surface area contributed by atoms with Crippen LogP contribution < -0.4 is 5.32 Å². The minimum atomic E-state index is -0.368. The van der Waals surface area contributed by atoms with Crippen molar-refractivity contribution < 1.29 is 9.59 Å².